The summed E-state index contributed by atoms with van der Waals surface area (Å²) in [5, 5.41) is 0. The Kier molecular flexibility index (Phi) is 9.00. The third-order valence-electron chi connectivity index (χ3n) is 6.36. The average molecular weight is 544 g/mol. The topological polar surface area (TPSA) is 0 Å². The molecular weight excluding hydrogens is 512 g/mol. The summed E-state index contributed by atoms with van der Waals surface area (Å²) in [6, 6.07) is 32.1. The van der Waals surface area contributed by atoms with Crippen LogP contribution in [0.1, 0.15) is 50.9 Å². The van der Waals surface area contributed by atoms with Gasteiger partial charge in [0, 0.05) is 0 Å². The molecule has 0 unspecified atom stereocenters. The van der Waals surface area contributed by atoms with E-state index in [0.717, 1.165) is 12.8 Å². The maximum absolute atomic E-state index is 3.45. The number of fused-ring (bicyclic) bond motifs is 3. The smallest absolute Gasteiger partial charge is 0.109 e. The van der Waals surface area contributed by atoms with E-state index >= 15 is 0 Å². The van der Waals surface area contributed by atoms with E-state index in [4.69, 9.17) is 0 Å². The Morgan fingerprint density at radius 2 is 1.28 bits per heavy atom. The number of hydrogen-bond donors (Lipinski definition) is 0. The maximum atomic E-state index is 3.45. The number of allylic oxidation sites excluding steroid dienone is 4. The van der Waals surface area contributed by atoms with Crippen molar-refractivity contribution in [2.45, 2.75) is 40.5 Å². The van der Waals surface area contributed by atoms with Gasteiger partial charge in [-0.25, -0.2) is 12.2 Å². The van der Waals surface area contributed by atoms with Crippen LogP contribution in [0.5, 0.6) is 0 Å². The molecule has 0 radical (unpaired) electrons. The van der Waals surface area contributed by atoms with Crippen molar-refractivity contribution in [3.8, 4) is 11.1 Å². The minimum Gasteiger partial charge on any atom is -0.273 e. The van der Waals surface area contributed by atoms with Gasteiger partial charge in [0.15, 0.2) is 0 Å². The minimum absolute atomic E-state index is 1.01. The van der Waals surface area contributed by atoms with Gasteiger partial charge in [0.05, 0.1) is 0 Å². The van der Waals surface area contributed by atoms with Crippen LogP contribution in [0.3, 0.4) is 0 Å². The Labute approximate surface area is 231 Å². The number of aryl methyl sites for hydroxylation is 4. The Hall–Kier alpha value is -2.89. The van der Waals surface area contributed by atoms with Gasteiger partial charge in [-0.15, -0.1) is 17.5 Å². The van der Waals surface area contributed by atoms with Crippen molar-refractivity contribution in [1.29, 1.82) is 0 Å². The van der Waals surface area contributed by atoms with E-state index in [0.29, 0.717) is 0 Å². The van der Waals surface area contributed by atoms with Gasteiger partial charge >= 0.3 is 112 Å². The van der Waals surface area contributed by atoms with Crippen LogP contribution in [0.15, 0.2) is 97.1 Å². The van der Waals surface area contributed by atoms with Gasteiger partial charge in [0.25, 0.3) is 0 Å². The van der Waals surface area contributed by atoms with Crippen LogP contribution in [-0.4, -0.2) is 3.21 Å². The zero-order valence-electron chi connectivity index (χ0n) is 21.7. The number of rotatable bonds is 2. The van der Waals surface area contributed by atoms with Crippen molar-refractivity contribution in [2.75, 3.05) is 0 Å². The van der Waals surface area contributed by atoms with E-state index < -0.39 is 0 Å². The molecule has 4 aromatic rings. The van der Waals surface area contributed by atoms with Gasteiger partial charge in [-0.05, 0) is 18.9 Å². The van der Waals surface area contributed by atoms with Crippen LogP contribution < -0.4 is 0 Å². The first-order valence-electron chi connectivity index (χ1n) is 12.5. The van der Waals surface area contributed by atoms with Crippen LogP contribution >= 0.6 is 0 Å². The molecule has 2 aliphatic rings. The van der Waals surface area contributed by atoms with Crippen molar-refractivity contribution < 1.29 is 24.2 Å². The van der Waals surface area contributed by atoms with Gasteiger partial charge < -0.3 is 0 Å². The first-order chi connectivity index (χ1) is 17.4. The third kappa shape index (κ3) is 6.86. The fourth-order valence-electron chi connectivity index (χ4n) is 4.32. The molecule has 0 heterocycles. The van der Waals surface area contributed by atoms with Gasteiger partial charge in [-0.1, -0.05) is 36.2 Å². The fraction of sp³-hybridized carbons (Fsp3) is 0.171. The van der Waals surface area contributed by atoms with E-state index in [1.54, 1.807) is 0 Å². The monoisotopic (exact) mass is 542 g/mol. The van der Waals surface area contributed by atoms with E-state index in [9.17, 15) is 0 Å². The molecule has 4 aromatic carbocycles. The van der Waals surface area contributed by atoms with Crippen molar-refractivity contribution in [2.24, 2.45) is 0 Å². The van der Waals surface area contributed by atoms with Crippen LogP contribution in [0.2, 0.25) is 0 Å². The predicted octanol–water partition coefficient (Wildman–Crippen LogP) is 8.40. The summed E-state index contributed by atoms with van der Waals surface area (Å²) >= 11 is 1.46. The molecule has 0 atom stereocenters. The van der Waals surface area contributed by atoms with Crippen molar-refractivity contribution in [3.63, 3.8) is 0 Å². The SMILES string of the molecule is Cc1[c-]c2c(cc1)-c1ccc(C)cc1C2.Cc1ccc([C](=[Zr+2])c2ccc(C)cc2)cc1.[C-]1=CC=CC1. The zero-order chi connectivity index (χ0) is 25.5. The van der Waals surface area contributed by atoms with Gasteiger partial charge in [-0.2, -0.15) is 29.8 Å². The molecule has 0 saturated carbocycles. The summed E-state index contributed by atoms with van der Waals surface area (Å²) in [6.07, 6.45) is 11.0. The molecule has 0 N–H and O–H groups in total. The molecule has 0 saturated heterocycles. The maximum Gasteiger partial charge on any atom is -0.109 e. The Morgan fingerprint density at radius 3 is 1.81 bits per heavy atom. The second-order valence-corrected chi connectivity index (χ2v) is 10.7. The van der Waals surface area contributed by atoms with Crippen molar-refractivity contribution in [3.05, 3.63) is 154 Å². The summed E-state index contributed by atoms with van der Waals surface area (Å²) in [4.78, 5) is 0. The molecule has 0 bridgehead atoms. The minimum atomic E-state index is 1.01. The quantitative estimate of drug-likeness (QED) is 0.196. The van der Waals surface area contributed by atoms with Crippen molar-refractivity contribution in [1.82, 2.24) is 0 Å². The fourth-order valence-corrected chi connectivity index (χ4v) is 5.14. The third-order valence-corrected chi connectivity index (χ3v) is 7.78. The summed E-state index contributed by atoms with van der Waals surface area (Å²) in [6.45, 7) is 8.50. The largest absolute Gasteiger partial charge is 0.273 e. The predicted molar refractivity (Wildman–Crippen MR) is 150 cm³/mol. The first-order valence-corrected chi connectivity index (χ1v) is 13.7. The van der Waals surface area contributed by atoms with E-state index in [2.05, 4.69) is 125 Å². The van der Waals surface area contributed by atoms with Crippen LogP contribution in [0, 0.1) is 39.8 Å². The summed E-state index contributed by atoms with van der Waals surface area (Å²) in [5.74, 6) is 0. The molecule has 36 heavy (non-hydrogen) atoms. The molecule has 0 nitrogen and oxygen atoms in total. The molecule has 0 fully saturated rings. The Bertz CT molecular complexity index is 1290. The standard InChI is InChI=1S/C15H13.C15H14.C5H5.Zr/c1-10-3-5-14-12(7-10)9-13-8-11(2)4-6-15(13)14;1-12-3-7-14(8-4-12)11-15-9-5-13(2)6-10-15;1-2-4-5-3-1;/h3-7H,9H2,1-2H3;3-10H,1-2H3;1-3H,4H2;/q-1;;-1;+2. The molecule has 176 valence electrons. The normalized spacial score (nSPS) is 12.2. The van der Waals surface area contributed by atoms with Crippen LogP contribution in [0.4, 0.5) is 0 Å². The second-order valence-electron chi connectivity index (χ2n) is 9.48. The van der Waals surface area contributed by atoms with Gasteiger partial charge in [0.1, 0.15) is 0 Å². The number of hydrogen-bond acceptors (Lipinski definition) is 0. The Balaban J connectivity index is 0.000000142. The molecule has 2 aliphatic carbocycles. The zero-order valence-corrected chi connectivity index (χ0v) is 24.1. The van der Waals surface area contributed by atoms with E-state index in [-0.39, 0.29) is 0 Å². The second kappa shape index (κ2) is 12.4. The van der Waals surface area contributed by atoms with Crippen molar-refractivity contribution >= 4 is 3.21 Å². The molecule has 1 heteroatoms. The first kappa shape index (κ1) is 26.2. The van der Waals surface area contributed by atoms with E-state index in [1.807, 2.05) is 12.2 Å². The van der Waals surface area contributed by atoms with Gasteiger partial charge in [-0.3, -0.25) is 6.08 Å². The summed E-state index contributed by atoms with van der Waals surface area (Å²) < 4.78 is 1.42. The average Bonchev–Trinajstić information content (AvgIpc) is 3.56. The Morgan fingerprint density at radius 1 is 0.694 bits per heavy atom. The molecule has 0 spiro atoms. The van der Waals surface area contributed by atoms with Gasteiger partial charge in [0.2, 0.25) is 0 Å². The summed E-state index contributed by atoms with van der Waals surface area (Å²) in [7, 11) is 0. The summed E-state index contributed by atoms with van der Waals surface area (Å²) in [5.41, 5.74) is 13.5. The molecule has 0 aliphatic heterocycles. The molecule has 0 amide bonds. The molecule has 0 aromatic heterocycles. The number of benzene rings is 4. The van der Waals surface area contributed by atoms with Crippen LogP contribution in [-0.2, 0) is 30.7 Å². The molecule has 6 rings (SSSR count). The van der Waals surface area contributed by atoms with Crippen LogP contribution in [0.25, 0.3) is 11.1 Å². The molecular formula is C35H32Zr. The van der Waals surface area contributed by atoms with E-state index in [1.165, 1.54) is 83.1 Å².